The molecule has 21 heavy (non-hydrogen) atoms. The molecule has 3 rings (SSSR count). The number of amides is 1. The maximum atomic E-state index is 13.7. The molecule has 1 amide bonds. The Labute approximate surface area is 125 Å². The number of pyridine rings is 1. The number of hydrogen-bond donors (Lipinski definition) is 1. The number of anilines is 1. The SMILES string of the molecule is O=C(Nc1cc(Cl)ccn1)c1ccc(F)c2ccccc12. The molecular formula is C16H10ClFN2O. The average Bonchev–Trinajstić information content (AvgIpc) is 2.48. The van der Waals surface area contributed by atoms with E-state index in [-0.39, 0.29) is 11.7 Å². The van der Waals surface area contributed by atoms with Crippen LogP contribution in [0, 0.1) is 5.82 Å². The van der Waals surface area contributed by atoms with Crippen LogP contribution in [0.1, 0.15) is 10.4 Å². The first-order valence-corrected chi connectivity index (χ1v) is 6.63. The lowest BCUT2D eigenvalue weighted by Crippen LogP contribution is -2.13. The Balaban J connectivity index is 2.01. The van der Waals surface area contributed by atoms with E-state index in [2.05, 4.69) is 10.3 Å². The molecule has 0 radical (unpaired) electrons. The molecule has 0 atom stereocenters. The number of rotatable bonds is 2. The summed E-state index contributed by atoms with van der Waals surface area (Å²) in [6, 6.07) is 12.7. The summed E-state index contributed by atoms with van der Waals surface area (Å²) in [5, 5.41) is 4.09. The van der Waals surface area contributed by atoms with Gasteiger partial charge in [-0.2, -0.15) is 0 Å². The molecule has 3 aromatic rings. The van der Waals surface area contributed by atoms with Gasteiger partial charge in [-0.1, -0.05) is 35.9 Å². The minimum absolute atomic E-state index is 0.348. The van der Waals surface area contributed by atoms with Crippen molar-refractivity contribution in [2.45, 2.75) is 0 Å². The zero-order valence-electron chi connectivity index (χ0n) is 10.8. The van der Waals surface area contributed by atoms with Gasteiger partial charge in [-0.25, -0.2) is 9.37 Å². The Hall–Kier alpha value is -2.46. The van der Waals surface area contributed by atoms with Gasteiger partial charge in [0, 0.05) is 22.2 Å². The molecule has 0 unspecified atom stereocenters. The molecule has 3 nitrogen and oxygen atoms in total. The Morgan fingerprint density at radius 2 is 1.86 bits per heavy atom. The van der Waals surface area contributed by atoms with E-state index in [0.717, 1.165) is 0 Å². The number of carbonyl (C=O) groups is 1. The number of carbonyl (C=O) groups excluding carboxylic acids is 1. The van der Waals surface area contributed by atoms with Crippen LogP contribution in [0.15, 0.2) is 54.7 Å². The van der Waals surface area contributed by atoms with Crippen LogP contribution in [0.25, 0.3) is 10.8 Å². The van der Waals surface area contributed by atoms with Crippen molar-refractivity contribution in [1.29, 1.82) is 0 Å². The van der Waals surface area contributed by atoms with E-state index in [1.54, 1.807) is 36.4 Å². The van der Waals surface area contributed by atoms with Gasteiger partial charge in [-0.15, -0.1) is 0 Å². The molecule has 0 spiro atoms. The molecule has 0 saturated carbocycles. The molecular weight excluding hydrogens is 291 g/mol. The molecule has 1 aromatic heterocycles. The van der Waals surface area contributed by atoms with Crippen LogP contribution in [-0.4, -0.2) is 10.9 Å². The number of nitrogens with one attached hydrogen (secondary N) is 1. The quantitative estimate of drug-likeness (QED) is 0.767. The maximum absolute atomic E-state index is 13.7. The molecule has 2 aromatic carbocycles. The third-order valence-corrected chi connectivity index (χ3v) is 3.31. The minimum Gasteiger partial charge on any atom is -0.307 e. The molecule has 1 N–H and O–H groups in total. The van der Waals surface area contributed by atoms with Crippen molar-refractivity contribution < 1.29 is 9.18 Å². The van der Waals surface area contributed by atoms with Crippen LogP contribution in [0.2, 0.25) is 5.02 Å². The van der Waals surface area contributed by atoms with Gasteiger partial charge in [0.1, 0.15) is 11.6 Å². The Bertz CT molecular complexity index is 835. The van der Waals surface area contributed by atoms with E-state index in [1.165, 1.54) is 18.3 Å². The van der Waals surface area contributed by atoms with Gasteiger partial charge in [0.15, 0.2) is 0 Å². The van der Waals surface area contributed by atoms with E-state index in [1.807, 2.05) is 0 Å². The number of fused-ring (bicyclic) bond motifs is 1. The molecule has 5 heteroatoms. The molecule has 0 fully saturated rings. The second kappa shape index (κ2) is 5.50. The first-order chi connectivity index (χ1) is 10.1. The lowest BCUT2D eigenvalue weighted by molar-refractivity contribution is 0.102. The normalized spacial score (nSPS) is 10.6. The van der Waals surface area contributed by atoms with E-state index >= 15 is 0 Å². The van der Waals surface area contributed by atoms with Gasteiger partial charge < -0.3 is 5.32 Å². The predicted octanol–water partition coefficient (Wildman–Crippen LogP) is 4.28. The van der Waals surface area contributed by atoms with Gasteiger partial charge in [0.2, 0.25) is 0 Å². The molecule has 0 aliphatic rings. The highest BCUT2D eigenvalue weighted by atomic mass is 35.5. The summed E-state index contributed by atoms with van der Waals surface area (Å²) < 4.78 is 13.7. The van der Waals surface area contributed by atoms with Crippen molar-refractivity contribution in [3.8, 4) is 0 Å². The summed E-state index contributed by atoms with van der Waals surface area (Å²) in [5.41, 5.74) is 0.383. The lowest BCUT2D eigenvalue weighted by atomic mass is 10.0. The lowest BCUT2D eigenvalue weighted by Gasteiger charge is -2.08. The number of halogens is 2. The van der Waals surface area contributed by atoms with Crippen molar-refractivity contribution in [2.24, 2.45) is 0 Å². The minimum atomic E-state index is -0.360. The number of nitrogens with zero attached hydrogens (tertiary/aromatic N) is 1. The van der Waals surface area contributed by atoms with Crippen molar-refractivity contribution >= 4 is 34.1 Å². The molecule has 0 saturated heterocycles. The largest absolute Gasteiger partial charge is 0.307 e. The molecule has 104 valence electrons. The highest BCUT2D eigenvalue weighted by molar-refractivity contribution is 6.30. The van der Waals surface area contributed by atoms with Crippen LogP contribution in [0.4, 0.5) is 10.2 Å². The van der Waals surface area contributed by atoms with Gasteiger partial charge in [-0.05, 0) is 29.7 Å². The van der Waals surface area contributed by atoms with Crippen LogP contribution in [-0.2, 0) is 0 Å². The zero-order valence-corrected chi connectivity index (χ0v) is 11.6. The molecule has 1 heterocycles. The van der Waals surface area contributed by atoms with Gasteiger partial charge in [-0.3, -0.25) is 4.79 Å². The Morgan fingerprint density at radius 1 is 1.10 bits per heavy atom. The van der Waals surface area contributed by atoms with E-state index in [0.29, 0.717) is 27.2 Å². The highest BCUT2D eigenvalue weighted by Crippen LogP contribution is 2.23. The fourth-order valence-corrected chi connectivity index (χ4v) is 2.28. The summed E-state index contributed by atoms with van der Waals surface area (Å²) in [6.07, 6.45) is 1.50. The monoisotopic (exact) mass is 300 g/mol. The number of aromatic nitrogens is 1. The second-order valence-electron chi connectivity index (χ2n) is 4.45. The fraction of sp³-hybridized carbons (Fsp3) is 0. The first kappa shape index (κ1) is 13.5. The van der Waals surface area contributed by atoms with Crippen molar-refractivity contribution in [3.63, 3.8) is 0 Å². The topological polar surface area (TPSA) is 42.0 Å². The standard InChI is InChI=1S/C16H10ClFN2O/c17-10-7-8-19-15(9-10)20-16(21)13-5-6-14(18)12-4-2-1-3-11(12)13/h1-9H,(H,19,20,21). The summed E-state index contributed by atoms with van der Waals surface area (Å²) in [7, 11) is 0. The number of benzene rings is 2. The third-order valence-electron chi connectivity index (χ3n) is 3.08. The van der Waals surface area contributed by atoms with Crippen LogP contribution in [0.3, 0.4) is 0 Å². The average molecular weight is 301 g/mol. The fourth-order valence-electron chi connectivity index (χ4n) is 2.12. The highest BCUT2D eigenvalue weighted by Gasteiger charge is 2.13. The van der Waals surface area contributed by atoms with Gasteiger partial charge >= 0.3 is 0 Å². The summed E-state index contributed by atoms with van der Waals surface area (Å²) in [5.74, 6) is -0.370. The molecule has 0 aliphatic heterocycles. The van der Waals surface area contributed by atoms with Crippen LogP contribution >= 0.6 is 11.6 Å². The Morgan fingerprint density at radius 3 is 2.62 bits per heavy atom. The molecule has 0 aliphatic carbocycles. The van der Waals surface area contributed by atoms with Crippen LogP contribution in [0.5, 0.6) is 0 Å². The van der Waals surface area contributed by atoms with Crippen LogP contribution < -0.4 is 5.32 Å². The first-order valence-electron chi connectivity index (χ1n) is 6.25. The van der Waals surface area contributed by atoms with E-state index in [4.69, 9.17) is 11.6 Å². The Kier molecular flexibility index (Phi) is 3.54. The smallest absolute Gasteiger partial charge is 0.257 e. The second-order valence-corrected chi connectivity index (χ2v) is 4.89. The predicted molar refractivity (Wildman–Crippen MR) is 81.1 cm³/mol. The number of hydrogen-bond acceptors (Lipinski definition) is 2. The van der Waals surface area contributed by atoms with Gasteiger partial charge in [0.05, 0.1) is 0 Å². The zero-order chi connectivity index (χ0) is 14.8. The summed E-state index contributed by atoms with van der Waals surface area (Å²) in [4.78, 5) is 16.3. The van der Waals surface area contributed by atoms with Gasteiger partial charge in [0.25, 0.3) is 5.91 Å². The summed E-state index contributed by atoms with van der Waals surface area (Å²) in [6.45, 7) is 0. The van der Waals surface area contributed by atoms with E-state index < -0.39 is 0 Å². The van der Waals surface area contributed by atoms with Crippen molar-refractivity contribution in [1.82, 2.24) is 4.98 Å². The maximum Gasteiger partial charge on any atom is 0.257 e. The summed E-state index contributed by atoms with van der Waals surface area (Å²) >= 11 is 5.85. The van der Waals surface area contributed by atoms with Crippen molar-refractivity contribution in [2.75, 3.05) is 5.32 Å². The third kappa shape index (κ3) is 2.71. The van der Waals surface area contributed by atoms with E-state index in [9.17, 15) is 9.18 Å². The molecule has 0 bridgehead atoms. The van der Waals surface area contributed by atoms with Crippen molar-refractivity contribution in [3.05, 3.63) is 71.1 Å².